The molecule has 0 amide bonds. The van der Waals surface area contributed by atoms with Crippen LogP contribution in [-0.2, 0) is 0 Å². The molecule has 0 saturated heterocycles. The Labute approximate surface area is 128 Å². The van der Waals surface area contributed by atoms with Gasteiger partial charge in [-0.05, 0) is 12.0 Å². The minimum absolute atomic E-state index is 0.0485. The summed E-state index contributed by atoms with van der Waals surface area (Å²) in [5.74, 6) is 0.764. The Hall–Kier alpha value is -2.69. The summed E-state index contributed by atoms with van der Waals surface area (Å²) < 4.78 is 6.78. The minimum Gasteiger partial charge on any atom is -0.354 e. The van der Waals surface area contributed by atoms with Gasteiger partial charge in [-0.25, -0.2) is 0 Å². The van der Waals surface area contributed by atoms with Crippen LogP contribution in [-0.4, -0.2) is 20.8 Å². The lowest BCUT2D eigenvalue weighted by Crippen LogP contribution is -2.15. The van der Waals surface area contributed by atoms with E-state index in [0.29, 0.717) is 17.9 Å². The molecular formula is C17H17N3O2. The number of benzene rings is 1. The molecule has 0 aliphatic carbocycles. The Morgan fingerprint density at radius 2 is 2.00 bits per heavy atom. The number of hydrogen-bond acceptors (Lipinski definition) is 4. The van der Waals surface area contributed by atoms with Crippen molar-refractivity contribution in [2.45, 2.75) is 20.3 Å². The van der Waals surface area contributed by atoms with Crippen molar-refractivity contribution in [1.82, 2.24) is 14.9 Å². The molecule has 0 bridgehead atoms. The maximum atomic E-state index is 12.2. The van der Waals surface area contributed by atoms with E-state index in [-0.39, 0.29) is 11.8 Å². The molecule has 0 unspecified atom stereocenters. The van der Waals surface area contributed by atoms with Gasteiger partial charge >= 0.3 is 0 Å². The molecule has 5 nitrogen and oxygen atoms in total. The lowest BCUT2D eigenvalue weighted by molar-refractivity contribution is 0.0872. The molecule has 0 radical (unpaired) electrons. The second kappa shape index (κ2) is 5.97. The lowest BCUT2D eigenvalue weighted by atomic mass is 10.1. The van der Waals surface area contributed by atoms with Gasteiger partial charge in [0.2, 0.25) is 5.91 Å². The minimum atomic E-state index is -0.0485. The van der Waals surface area contributed by atoms with E-state index in [0.717, 1.165) is 11.3 Å². The van der Waals surface area contributed by atoms with E-state index in [1.807, 2.05) is 50.2 Å². The number of rotatable bonds is 4. The van der Waals surface area contributed by atoms with Crippen molar-refractivity contribution in [3.63, 3.8) is 0 Å². The van der Waals surface area contributed by atoms with Crippen molar-refractivity contribution in [3.8, 4) is 22.7 Å². The van der Waals surface area contributed by atoms with E-state index in [4.69, 9.17) is 4.52 Å². The van der Waals surface area contributed by atoms with Gasteiger partial charge in [0.1, 0.15) is 11.4 Å². The third-order valence-electron chi connectivity index (χ3n) is 3.29. The van der Waals surface area contributed by atoms with Gasteiger partial charge in [0.25, 0.3) is 0 Å². The summed E-state index contributed by atoms with van der Waals surface area (Å²) in [5, 5.41) is 8.18. The van der Waals surface area contributed by atoms with Gasteiger partial charge in [-0.15, -0.1) is 0 Å². The average molecular weight is 295 g/mol. The molecule has 3 rings (SSSR count). The fraction of sp³-hybridized carbons (Fsp3) is 0.235. The van der Waals surface area contributed by atoms with Crippen LogP contribution in [0.1, 0.15) is 25.1 Å². The molecular weight excluding hydrogens is 278 g/mol. The van der Waals surface area contributed by atoms with Crippen LogP contribution in [0.15, 0.2) is 53.2 Å². The average Bonchev–Trinajstić information content (AvgIpc) is 3.16. The first-order valence-corrected chi connectivity index (χ1v) is 7.25. The van der Waals surface area contributed by atoms with Crippen molar-refractivity contribution in [1.29, 1.82) is 0 Å². The van der Waals surface area contributed by atoms with Crippen LogP contribution in [0.4, 0.5) is 0 Å². The van der Waals surface area contributed by atoms with Gasteiger partial charge in [-0.1, -0.05) is 49.3 Å². The zero-order chi connectivity index (χ0) is 15.5. The van der Waals surface area contributed by atoms with Crippen LogP contribution in [0.5, 0.6) is 0 Å². The molecule has 0 saturated carbocycles. The first kappa shape index (κ1) is 14.3. The van der Waals surface area contributed by atoms with Crippen molar-refractivity contribution in [3.05, 3.63) is 48.7 Å². The topological polar surface area (TPSA) is 60.9 Å². The molecule has 0 fully saturated rings. The second-order valence-corrected chi connectivity index (χ2v) is 5.56. The van der Waals surface area contributed by atoms with Crippen molar-refractivity contribution in [2.75, 3.05) is 0 Å². The molecule has 0 atom stereocenters. The Morgan fingerprint density at radius 3 is 2.73 bits per heavy atom. The Bertz CT molecular complexity index is 772. The van der Waals surface area contributed by atoms with Gasteiger partial charge < -0.3 is 4.52 Å². The van der Waals surface area contributed by atoms with E-state index in [2.05, 4.69) is 10.3 Å². The Balaban J connectivity index is 1.92. The van der Waals surface area contributed by atoms with Crippen LogP contribution in [0.25, 0.3) is 22.7 Å². The SMILES string of the molecule is CC(C)CC(=O)n1nccc1-c1cc(-c2ccccc2)no1. The molecule has 0 aliphatic heterocycles. The van der Waals surface area contributed by atoms with Crippen molar-refractivity contribution in [2.24, 2.45) is 5.92 Å². The highest BCUT2D eigenvalue weighted by Crippen LogP contribution is 2.26. The van der Waals surface area contributed by atoms with E-state index in [9.17, 15) is 4.79 Å². The predicted molar refractivity (Wildman–Crippen MR) is 83.2 cm³/mol. The predicted octanol–water partition coefficient (Wildman–Crippen LogP) is 3.89. The maximum absolute atomic E-state index is 12.2. The second-order valence-electron chi connectivity index (χ2n) is 5.56. The summed E-state index contributed by atoms with van der Waals surface area (Å²) in [6, 6.07) is 13.3. The zero-order valence-electron chi connectivity index (χ0n) is 12.6. The Morgan fingerprint density at radius 1 is 1.23 bits per heavy atom. The van der Waals surface area contributed by atoms with Crippen LogP contribution in [0, 0.1) is 5.92 Å². The van der Waals surface area contributed by atoms with E-state index in [1.165, 1.54) is 4.68 Å². The summed E-state index contributed by atoms with van der Waals surface area (Å²) in [4.78, 5) is 12.2. The van der Waals surface area contributed by atoms with Gasteiger partial charge in [-0.2, -0.15) is 9.78 Å². The van der Waals surface area contributed by atoms with E-state index in [1.54, 1.807) is 12.3 Å². The standard InChI is InChI=1S/C17H17N3O2/c1-12(2)10-17(21)20-15(8-9-18-20)16-11-14(19-22-16)13-6-4-3-5-7-13/h3-9,11-12H,10H2,1-2H3. The van der Waals surface area contributed by atoms with E-state index >= 15 is 0 Å². The largest absolute Gasteiger partial charge is 0.354 e. The smallest absolute Gasteiger partial charge is 0.247 e. The lowest BCUT2D eigenvalue weighted by Gasteiger charge is -2.05. The number of carbonyl (C=O) groups is 1. The number of nitrogens with zero attached hydrogens (tertiary/aromatic N) is 3. The van der Waals surface area contributed by atoms with Gasteiger partial charge in [-0.3, -0.25) is 4.79 Å². The molecule has 0 N–H and O–H groups in total. The van der Waals surface area contributed by atoms with Gasteiger partial charge in [0.15, 0.2) is 5.76 Å². The fourth-order valence-electron chi connectivity index (χ4n) is 2.27. The first-order valence-electron chi connectivity index (χ1n) is 7.25. The molecule has 22 heavy (non-hydrogen) atoms. The summed E-state index contributed by atoms with van der Waals surface area (Å²) in [5.41, 5.74) is 2.33. The highest BCUT2D eigenvalue weighted by atomic mass is 16.5. The number of aromatic nitrogens is 3. The third-order valence-corrected chi connectivity index (χ3v) is 3.29. The molecule has 3 aromatic rings. The molecule has 2 aromatic heterocycles. The van der Waals surface area contributed by atoms with Crippen LogP contribution in [0.2, 0.25) is 0 Å². The third kappa shape index (κ3) is 2.83. The fourth-order valence-corrected chi connectivity index (χ4v) is 2.27. The highest BCUT2D eigenvalue weighted by Gasteiger charge is 2.17. The summed E-state index contributed by atoms with van der Waals surface area (Å²) in [7, 11) is 0. The van der Waals surface area contributed by atoms with Crippen LogP contribution < -0.4 is 0 Å². The Kier molecular flexibility index (Phi) is 3.87. The molecule has 1 aromatic carbocycles. The quantitative estimate of drug-likeness (QED) is 0.732. The van der Waals surface area contributed by atoms with Gasteiger partial charge in [0.05, 0.1) is 6.20 Å². The summed E-state index contributed by atoms with van der Waals surface area (Å²) >= 11 is 0. The highest BCUT2D eigenvalue weighted by molar-refractivity contribution is 5.82. The molecule has 2 heterocycles. The first-order chi connectivity index (χ1) is 10.6. The molecule has 5 heteroatoms. The monoisotopic (exact) mass is 295 g/mol. The zero-order valence-corrected chi connectivity index (χ0v) is 12.6. The molecule has 0 aliphatic rings. The summed E-state index contributed by atoms with van der Waals surface area (Å²) in [6.07, 6.45) is 2.03. The van der Waals surface area contributed by atoms with Gasteiger partial charge in [0, 0.05) is 18.1 Å². The number of hydrogen-bond donors (Lipinski definition) is 0. The van der Waals surface area contributed by atoms with Crippen LogP contribution in [0.3, 0.4) is 0 Å². The van der Waals surface area contributed by atoms with E-state index < -0.39 is 0 Å². The van der Waals surface area contributed by atoms with Crippen molar-refractivity contribution < 1.29 is 9.32 Å². The molecule has 0 spiro atoms. The normalized spacial score (nSPS) is 11.0. The summed E-state index contributed by atoms with van der Waals surface area (Å²) in [6.45, 7) is 4.01. The van der Waals surface area contributed by atoms with Crippen LogP contribution >= 0.6 is 0 Å². The molecule has 112 valence electrons. The maximum Gasteiger partial charge on any atom is 0.247 e. The van der Waals surface area contributed by atoms with Crippen molar-refractivity contribution >= 4 is 5.91 Å². The number of carbonyl (C=O) groups excluding carboxylic acids is 1.